The van der Waals surface area contributed by atoms with Crippen LogP contribution in [0, 0.1) is 0 Å². The first-order valence-corrected chi connectivity index (χ1v) is 12.3. The Kier molecular flexibility index (Phi) is 7.91. The summed E-state index contributed by atoms with van der Waals surface area (Å²) in [5.41, 5.74) is 2.76. The number of ether oxygens (including phenoxy) is 1. The molecule has 0 fully saturated rings. The maximum Gasteiger partial charge on any atom is 0.260 e. The highest BCUT2D eigenvalue weighted by Crippen LogP contribution is 2.35. The highest BCUT2D eigenvalue weighted by molar-refractivity contribution is 7.22. The molecule has 0 bridgehead atoms. The van der Waals surface area contributed by atoms with E-state index in [1.54, 1.807) is 0 Å². The van der Waals surface area contributed by atoms with Crippen LogP contribution in [0.25, 0.3) is 10.2 Å². The maximum atomic E-state index is 13.6. The smallest absolute Gasteiger partial charge is 0.260 e. The zero-order valence-electron chi connectivity index (χ0n) is 20.1. The molecule has 0 aliphatic heterocycles. The number of aromatic nitrogens is 1. The third-order valence-electron chi connectivity index (χ3n) is 5.68. The fourth-order valence-corrected chi connectivity index (χ4v) is 4.64. The van der Waals surface area contributed by atoms with E-state index < -0.39 is 0 Å². The normalized spacial score (nSPS) is 11.8. The van der Waals surface area contributed by atoms with Crippen molar-refractivity contribution < 1.29 is 9.53 Å². The molecule has 0 N–H and O–H groups in total. The molecule has 0 saturated heterocycles. The van der Waals surface area contributed by atoms with E-state index in [1.165, 1.54) is 16.9 Å². The van der Waals surface area contributed by atoms with E-state index in [-0.39, 0.29) is 11.3 Å². The van der Waals surface area contributed by atoms with Crippen LogP contribution < -0.4 is 9.64 Å². The zero-order valence-corrected chi connectivity index (χ0v) is 21.0. The number of nitrogens with zero attached hydrogens (tertiary/aromatic N) is 3. The number of hydrogen-bond acceptors (Lipinski definition) is 5. The molecule has 3 aromatic rings. The van der Waals surface area contributed by atoms with Crippen LogP contribution >= 0.6 is 11.3 Å². The van der Waals surface area contributed by atoms with Gasteiger partial charge in [-0.15, -0.1) is 0 Å². The zero-order chi connectivity index (χ0) is 23.3. The molecule has 5 nitrogen and oxygen atoms in total. The molecule has 1 aromatic heterocycles. The summed E-state index contributed by atoms with van der Waals surface area (Å²) in [7, 11) is 0. The van der Waals surface area contributed by atoms with Crippen LogP contribution in [0.1, 0.15) is 57.5 Å². The van der Waals surface area contributed by atoms with Crippen molar-refractivity contribution >= 4 is 32.6 Å². The molecule has 0 saturated carbocycles. The van der Waals surface area contributed by atoms with Gasteiger partial charge in [-0.2, -0.15) is 0 Å². The molecule has 0 radical (unpaired) electrons. The molecular weight excluding hydrogens is 418 g/mol. The summed E-state index contributed by atoms with van der Waals surface area (Å²) in [4.78, 5) is 22.6. The standard InChI is InChI=1S/C26H35N3O2S/c1-7-28(8-2)17-18-29(24(30)19-13-15-20(16-14-19)26(4,5)6)25-27-23-21(31-9-3)11-10-12-22(23)32-25/h10-16H,7-9,17-18H2,1-6H3. The average molecular weight is 454 g/mol. The number of thiazole rings is 1. The minimum Gasteiger partial charge on any atom is -0.492 e. The quantitative estimate of drug-likeness (QED) is 0.400. The highest BCUT2D eigenvalue weighted by Gasteiger charge is 2.23. The molecule has 0 unspecified atom stereocenters. The fourth-order valence-electron chi connectivity index (χ4n) is 3.63. The molecule has 0 aliphatic carbocycles. The van der Waals surface area contributed by atoms with Gasteiger partial charge in [0, 0.05) is 18.7 Å². The molecule has 0 spiro atoms. The summed E-state index contributed by atoms with van der Waals surface area (Å²) in [6.07, 6.45) is 0. The number of benzene rings is 2. The summed E-state index contributed by atoms with van der Waals surface area (Å²) >= 11 is 1.54. The number of carbonyl (C=O) groups excluding carboxylic acids is 1. The van der Waals surface area contributed by atoms with Crippen LogP contribution in [0.4, 0.5) is 5.13 Å². The van der Waals surface area contributed by atoms with Crippen LogP contribution in [-0.2, 0) is 5.41 Å². The monoisotopic (exact) mass is 453 g/mol. The number of fused-ring (bicyclic) bond motifs is 1. The van der Waals surface area contributed by atoms with Crippen molar-refractivity contribution in [2.45, 2.75) is 47.0 Å². The molecule has 0 aliphatic rings. The number of anilines is 1. The number of carbonyl (C=O) groups is 1. The first-order chi connectivity index (χ1) is 15.3. The van der Waals surface area contributed by atoms with Crippen molar-refractivity contribution in [1.82, 2.24) is 9.88 Å². The lowest BCUT2D eigenvalue weighted by molar-refractivity contribution is 0.0983. The fraction of sp³-hybridized carbons (Fsp3) is 0.462. The lowest BCUT2D eigenvalue weighted by Crippen LogP contribution is -2.38. The summed E-state index contributed by atoms with van der Waals surface area (Å²) in [6.45, 7) is 16.7. The topological polar surface area (TPSA) is 45.7 Å². The number of amides is 1. The van der Waals surface area contributed by atoms with E-state index >= 15 is 0 Å². The lowest BCUT2D eigenvalue weighted by Gasteiger charge is -2.25. The van der Waals surface area contributed by atoms with Gasteiger partial charge in [0.15, 0.2) is 5.13 Å². The van der Waals surface area contributed by atoms with Gasteiger partial charge in [-0.1, -0.05) is 64.2 Å². The van der Waals surface area contributed by atoms with Crippen molar-refractivity contribution in [3.63, 3.8) is 0 Å². The van der Waals surface area contributed by atoms with Gasteiger partial charge in [-0.05, 0) is 55.3 Å². The number of para-hydroxylation sites is 1. The summed E-state index contributed by atoms with van der Waals surface area (Å²) in [5.74, 6) is 0.743. The Morgan fingerprint density at radius 2 is 1.69 bits per heavy atom. The van der Waals surface area contributed by atoms with Crippen LogP contribution in [0.15, 0.2) is 42.5 Å². The Morgan fingerprint density at radius 3 is 2.28 bits per heavy atom. The van der Waals surface area contributed by atoms with Crippen LogP contribution in [0.3, 0.4) is 0 Å². The van der Waals surface area contributed by atoms with Gasteiger partial charge >= 0.3 is 0 Å². The van der Waals surface area contributed by atoms with E-state index in [0.29, 0.717) is 23.8 Å². The van der Waals surface area contributed by atoms with Crippen molar-refractivity contribution in [2.75, 3.05) is 37.7 Å². The third kappa shape index (κ3) is 5.48. The molecule has 2 aromatic carbocycles. The van der Waals surface area contributed by atoms with Gasteiger partial charge in [0.1, 0.15) is 11.3 Å². The Balaban J connectivity index is 1.97. The first kappa shape index (κ1) is 24.2. The second kappa shape index (κ2) is 10.5. The van der Waals surface area contributed by atoms with Gasteiger partial charge in [-0.25, -0.2) is 4.98 Å². The van der Waals surface area contributed by atoms with Crippen molar-refractivity contribution in [3.8, 4) is 5.75 Å². The Bertz CT molecular complexity index is 1030. The molecular formula is C26H35N3O2S. The van der Waals surface area contributed by atoms with Crippen molar-refractivity contribution in [3.05, 3.63) is 53.6 Å². The molecule has 172 valence electrons. The SMILES string of the molecule is CCOc1cccc2sc(N(CCN(CC)CC)C(=O)c3ccc(C(C)(C)C)cc3)nc12. The predicted octanol–water partition coefficient (Wildman–Crippen LogP) is 5.98. The molecule has 3 rings (SSSR count). The van der Waals surface area contributed by atoms with Gasteiger partial charge in [0.2, 0.25) is 0 Å². The van der Waals surface area contributed by atoms with Gasteiger partial charge < -0.3 is 9.64 Å². The Hall–Kier alpha value is -2.44. The molecule has 32 heavy (non-hydrogen) atoms. The second-order valence-corrected chi connectivity index (χ2v) is 9.85. The Morgan fingerprint density at radius 1 is 1.00 bits per heavy atom. The van der Waals surface area contributed by atoms with E-state index in [1.807, 2.05) is 42.2 Å². The van der Waals surface area contributed by atoms with E-state index in [4.69, 9.17) is 9.72 Å². The van der Waals surface area contributed by atoms with Crippen molar-refractivity contribution in [1.29, 1.82) is 0 Å². The van der Waals surface area contributed by atoms with E-state index in [0.717, 1.165) is 35.6 Å². The van der Waals surface area contributed by atoms with E-state index in [9.17, 15) is 4.79 Å². The molecule has 6 heteroatoms. The van der Waals surface area contributed by atoms with Gasteiger partial charge in [0.05, 0.1) is 11.3 Å². The number of likely N-dealkylation sites (N-methyl/N-ethyl adjacent to an activating group) is 1. The molecule has 1 heterocycles. The lowest BCUT2D eigenvalue weighted by atomic mass is 9.86. The van der Waals surface area contributed by atoms with Crippen LogP contribution in [0.2, 0.25) is 0 Å². The number of hydrogen-bond donors (Lipinski definition) is 0. The largest absolute Gasteiger partial charge is 0.492 e. The summed E-state index contributed by atoms with van der Waals surface area (Å²) < 4.78 is 6.79. The van der Waals surface area contributed by atoms with Gasteiger partial charge in [0.25, 0.3) is 5.91 Å². The predicted molar refractivity (Wildman–Crippen MR) is 135 cm³/mol. The van der Waals surface area contributed by atoms with Crippen LogP contribution in [-0.4, -0.2) is 48.6 Å². The Labute approximate surface area is 196 Å². The molecule has 0 atom stereocenters. The van der Waals surface area contributed by atoms with Crippen LogP contribution in [0.5, 0.6) is 5.75 Å². The molecule has 1 amide bonds. The first-order valence-electron chi connectivity index (χ1n) is 11.5. The van der Waals surface area contributed by atoms with Gasteiger partial charge in [-0.3, -0.25) is 9.69 Å². The summed E-state index contributed by atoms with van der Waals surface area (Å²) in [5, 5.41) is 0.712. The minimum atomic E-state index is -0.0189. The summed E-state index contributed by atoms with van der Waals surface area (Å²) in [6, 6.07) is 13.9. The maximum absolute atomic E-state index is 13.6. The third-order valence-corrected chi connectivity index (χ3v) is 6.72. The minimum absolute atomic E-state index is 0.0189. The average Bonchev–Trinajstić information content (AvgIpc) is 3.21. The number of rotatable bonds is 9. The van der Waals surface area contributed by atoms with E-state index in [2.05, 4.69) is 51.7 Å². The van der Waals surface area contributed by atoms with Crippen molar-refractivity contribution in [2.24, 2.45) is 0 Å². The highest BCUT2D eigenvalue weighted by atomic mass is 32.1. The second-order valence-electron chi connectivity index (χ2n) is 8.84.